The Balaban J connectivity index is 2.06. The molecule has 3 rings (SSSR count). The Morgan fingerprint density at radius 2 is 1.41 bits per heavy atom. The van der Waals surface area contributed by atoms with E-state index in [0.717, 1.165) is 16.7 Å². The minimum atomic E-state index is -1.20. The Kier molecular flexibility index (Phi) is 4.12. The minimum Gasteiger partial charge on any atom is -0.377 e. The van der Waals surface area contributed by atoms with E-state index >= 15 is 0 Å². The van der Waals surface area contributed by atoms with Gasteiger partial charge in [-0.2, -0.15) is 0 Å². The van der Waals surface area contributed by atoms with E-state index in [9.17, 15) is 5.11 Å². The van der Waals surface area contributed by atoms with Crippen molar-refractivity contribution in [1.29, 1.82) is 0 Å². The molecule has 1 unspecified atom stereocenters. The van der Waals surface area contributed by atoms with E-state index in [-0.39, 0.29) is 0 Å². The summed E-state index contributed by atoms with van der Waals surface area (Å²) in [6.07, 6.45) is 7.15. The van der Waals surface area contributed by atoms with Gasteiger partial charge in [-0.25, -0.2) is 0 Å². The Labute approximate surface area is 130 Å². The number of rotatable bonds is 4. The van der Waals surface area contributed by atoms with Crippen LogP contribution in [0.4, 0.5) is 0 Å². The summed E-state index contributed by atoms with van der Waals surface area (Å²) in [4.78, 5) is 4.14. The minimum absolute atomic E-state index is 0.744. The van der Waals surface area contributed by atoms with E-state index in [4.69, 9.17) is 0 Å². The highest BCUT2D eigenvalue weighted by Gasteiger charge is 2.28. The molecule has 2 nitrogen and oxygen atoms in total. The molecule has 2 aromatic carbocycles. The summed E-state index contributed by atoms with van der Waals surface area (Å²) in [5.41, 5.74) is 1.40. The molecule has 0 aliphatic heterocycles. The molecule has 3 aromatic rings. The number of nitrogens with zero attached hydrogens (tertiary/aromatic N) is 1. The first-order valence-electron chi connectivity index (χ1n) is 7.22. The second-order valence-electron chi connectivity index (χ2n) is 5.12. The molecular weight excluding hydrogens is 270 g/mol. The third kappa shape index (κ3) is 2.97. The van der Waals surface area contributed by atoms with E-state index in [1.165, 1.54) is 0 Å². The number of hydrogen-bond donors (Lipinski definition) is 1. The third-order valence-corrected chi connectivity index (χ3v) is 3.63. The number of aromatic nitrogens is 1. The molecular formula is C20H17NO. The SMILES string of the molecule is OC(/C=C\c1ccccc1)(c1ccccc1)c1cccnc1. The maximum absolute atomic E-state index is 11.3. The van der Waals surface area contributed by atoms with Crippen LogP contribution in [0.2, 0.25) is 0 Å². The summed E-state index contributed by atoms with van der Waals surface area (Å²) >= 11 is 0. The number of pyridine rings is 1. The van der Waals surface area contributed by atoms with Crippen molar-refractivity contribution in [2.24, 2.45) is 0 Å². The molecule has 0 radical (unpaired) electrons. The number of benzene rings is 2. The van der Waals surface area contributed by atoms with Crippen molar-refractivity contribution in [2.75, 3.05) is 0 Å². The lowest BCUT2D eigenvalue weighted by Gasteiger charge is -2.25. The molecule has 108 valence electrons. The van der Waals surface area contributed by atoms with Gasteiger partial charge in [-0.15, -0.1) is 0 Å². The number of aliphatic hydroxyl groups is 1. The van der Waals surface area contributed by atoms with Crippen molar-refractivity contribution in [1.82, 2.24) is 4.98 Å². The zero-order valence-electron chi connectivity index (χ0n) is 12.1. The average molecular weight is 287 g/mol. The van der Waals surface area contributed by atoms with Gasteiger partial charge >= 0.3 is 0 Å². The van der Waals surface area contributed by atoms with Crippen LogP contribution < -0.4 is 0 Å². The Bertz CT molecular complexity index is 697. The molecule has 0 fully saturated rings. The van der Waals surface area contributed by atoms with Crippen LogP contribution >= 0.6 is 0 Å². The van der Waals surface area contributed by atoms with Crippen molar-refractivity contribution in [3.05, 3.63) is 108 Å². The molecule has 0 saturated carbocycles. The second-order valence-corrected chi connectivity index (χ2v) is 5.12. The summed E-state index contributed by atoms with van der Waals surface area (Å²) in [6, 6.07) is 23.3. The third-order valence-electron chi connectivity index (χ3n) is 3.63. The largest absolute Gasteiger partial charge is 0.377 e. The van der Waals surface area contributed by atoms with Gasteiger partial charge in [0.2, 0.25) is 0 Å². The van der Waals surface area contributed by atoms with Gasteiger partial charge in [0.25, 0.3) is 0 Å². The lowest BCUT2D eigenvalue weighted by atomic mass is 9.86. The first-order chi connectivity index (χ1) is 10.8. The normalized spacial score (nSPS) is 13.9. The van der Waals surface area contributed by atoms with Crippen LogP contribution in [0.5, 0.6) is 0 Å². The smallest absolute Gasteiger partial charge is 0.135 e. The van der Waals surface area contributed by atoms with Gasteiger partial charge in [0.1, 0.15) is 5.60 Å². The summed E-state index contributed by atoms with van der Waals surface area (Å²) in [5.74, 6) is 0. The lowest BCUT2D eigenvalue weighted by Crippen LogP contribution is -2.24. The first-order valence-corrected chi connectivity index (χ1v) is 7.22. The van der Waals surface area contributed by atoms with Crippen LogP contribution in [0.1, 0.15) is 16.7 Å². The predicted molar refractivity (Wildman–Crippen MR) is 89.2 cm³/mol. The van der Waals surface area contributed by atoms with E-state index in [0.29, 0.717) is 0 Å². The zero-order valence-corrected chi connectivity index (χ0v) is 12.1. The summed E-state index contributed by atoms with van der Waals surface area (Å²) in [6.45, 7) is 0. The summed E-state index contributed by atoms with van der Waals surface area (Å²) in [5, 5.41) is 11.3. The van der Waals surface area contributed by atoms with E-state index in [1.54, 1.807) is 12.4 Å². The van der Waals surface area contributed by atoms with Gasteiger partial charge in [0.15, 0.2) is 0 Å². The van der Waals surface area contributed by atoms with Gasteiger partial charge in [-0.05, 0) is 23.3 Å². The van der Waals surface area contributed by atoms with Crippen LogP contribution in [0.15, 0.2) is 91.3 Å². The molecule has 0 spiro atoms. The van der Waals surface area contributed by atoms with Crippen molar-refractivity contribution >= 4 is 6.08 Å². The van der Waals surface area contributed by atoms with Crippen LogP contribution in [-0.2, 0) is 5.60 Å². The maximum atomic E-state index is 11.3. The van der Waals surface area contributed by atoms with Crippen LogP contribution in [-0.4, -0.2) is 10.1 Å². The van der Waals surface area contributed by atoms with Crippen molar-refractivity contribution < 1.29 is 5.11 Å². The summed E-state index contributed by atoms with van der Waals surface area (Å²) in [7, 11) is 0. The van der Waals surface area contributed by atoms with E-state index < -0.39 is 5.60 Å². The topological polar surface area (TPSA) is 33.1 Å². The highest BCUT2D eigenvalue weighted by Crippen LogP contribution is 2.31. The molecule has 22 heavy (non-hydrogen) atoms. The maximum Gasteiger partial charge on any atom is 0.135 e. The molecule has 0 amide bonds. The fourth-order valence-electron chi connectivity index (χ4n) is 2.42. The molecule has 0 aliphatic rings. The van der Waals surface area contributed by atoms with Crippen molar-refractivity contribution in [2.45, 2.75) is 5.60 Å². The highest BCUT2D eigenvalue weighted by molar-refractivity contribution is 5.54. The highest BCUT2D eigenvalue weighted by atomic mass is 16.3. The Hall–Kier alpha value is -2.71. The Morgan fingerprint density at radius 3 is 2.05 bits per heavy atom. The van der Waals surface area contributed by atoms with Gasteiger partial charge in [0.05, 0.1) is 0 Å². The molecule has 2 heteroatoms. The van der Waals surface area contributed by atoms with Crippen LogP contribution in [0, 0.1) is 0 Å². The molecule has 0 bridgehead atoms. The van der Waals surface area contributed by atoms with E-state index in [2.05, 4.69) is 4.98 Å². The molecule has 0 saturated heterocycles. The quantitative estimate of drug-likeness (QED) is 0.786. The van der Waals surface area contributed by atoms with E-state index in [1.807, 2.05) is 84.9 Å². The fraction of sp³-hybridized carbons (Fsp3) is 0.0500. The van der Waals surface area contributed by atoms with Gasteiger partial charge in [-0.1, -0.05) is 72.8 Å². The monoisotopic (exact) mass is 287 g/mol. The van der Waals surface area contributed by atoms with Crippen LogP contribution in [0.3, 0.4) is 0 Å². The van der Waals surface area contributed by atoms with Gasteiger partial charge in [-0.3, -0.25) is 4.98 Å². The molecule has 1 N–H and O–H groups in total. The van der Waals surface area contributed by atoms with Crippen LogP contribution in [0.25, 0.3) is 6.08 Å². The molecule has 1 heterocycles. The molecule has 0 aliphatic carbocycles. The first kappa shape index (κ1) is 14.2. The molecule has 1 atom stereocenters. The molecule has 1 aromatic heterocycles. The Morgan fingerprint density at radius 1 is 0.773 bits per heavy atom. The average Bonchev–Trinajstić information content (AvgIpc) is 2.62. The zero-order chi connectivity index (χ0) is 15.3. The fourth-order valence-corrected chi connectivity index (χ4v) is 2.42. The number of hydrogen-bond acceptors (Lipinski definition) is 2. The van der Waals surface area contributed by atoms with Gasteiger partial charge < -0.3 is 5.11 Å². The lowest BCUT2D eigenvalue weighted by molar-refractivity contribution is 0.135. The summed E-state index contributed by atoms with van der Waals surface area (Å²) < 4.78 is 0. The van der Waals surface area contributed by atoms with Crippen molar-refractivity contribution in [3.63, 3.8) is 0 Å². The predicted octanol–water partition coefficient (Wildman–Crippen LogP) is 4.03. The van der Waals surface area contributed by atoms with Gasteiger partial charge in [0, 0.05) is 18.0 Å². The standard InChI is InChI=1S/C20H17NO/c22-20(18-10-5-2-6-11-18,19-12-7-15-21-16-19)14-13-17-8-3-1-4-9-17/h1-16,22H/b14-13-. The second kappa shape index (κ2) is 6.37. The van der Waals surface area contributed by atoms with Crippen molar-refractivity contribution in [3.8, 4) is 0 Å².